The van der Waals surface area contributed by atoms with E-state index in [1.165, 1.54) is 6.42 Å². The monoisotopic (exact) mass is 226 g/mol. The molecule has 0 aromatic heterocycles. The Labute approximate surface area is 97.3 Å². The summed E-state index contributed by atoms with van der Waals surface area (Å²) < 4.78 is 5.47. The van der Waals surface area contributed by atoms with Crippen molar-refractivity contribution in [2.24, 2.45) is 5.92 Å². The Balaban J connectivity index is 1.93. The van der Waals surface area contributed by atoms with Crippen LogP contribution in [0.5, 0.6) is 0 Å². The molecule has 1 amide bonds. The van der Waals surface area contributed by atoms with Gasteiger partial charge in [-0.3, -0.25) is 4.79 Å². The van der Waals surface area contributed by atoms with E-state index in [0.29, 0.717) is 11.9 Å². The van der Waals surface area contributed by atoms with Crippen LogP contribution in [0.15, 0.2) is 0 Å². The summed E-state index contributed by atoms with van der Waals surface area (Å²) in [6.07, 6.45) is 3.28. The third kappa shape index (κ3) is 2.38. The smallest absolute Gasteiger partial charge is 0.228 e. The summed E-state index contributed by atoms with van der Waals surface area (Å²) in [7, 11) is 1.97. The van der Waals surface area contributed by atoms with Gasteiger partial charge in [-0.15, -0.1) is 0 Å². The lowest BCUT2D eigenvalue weighted by molar-refractivity contribution is -0.138. The van der Waals surface area contributed by atoms with Crippen LogP contribution in [0.1, 0.15) is 26.2 Å². The van der Waals surface area contributed by atoms with E-state index >= 15 is 0 Å². The number of piperidine rings is 1. The Morgan fingerprint density at radius 3 is 2.88 bits per heavy atom. The van der Waals surface area contributed by atoms with Crippen LogP contribution >= 0.6 is 0 Å². The second-order valence-corrected chi connectivity index (χ2v) is 4.88. The summed E-state index contributed by atoms with van der Waals surface area (Å²) in [5.41, 5.74) is 0. The molecule has 0 spiro atoms. The first-order valence-corrected chi connectivity index (χ1v) is 6.30. The lowest BCUT2D eigenvalue weighted by Gasteiger charge is -2.34. The molecule has 2 rings (SSSR count). The minimum atomic E-state index is 0.0932. The topological polar surface area (TPSA) is 41.6 Å². The number of likely N-dealkylation sites (N-methyl/N-ethyl adjacent to an activating group) is 1. The van der Waals surface area contributed by atoms with Crippen molar-refractivity contribution in [3.8, 4) is 0 Å². The van der Waals surface area contributed by atoms with Gasteiger partial charge >= 0.3 is 0 Å². The first-order chi connectivity index (χ1) is 7.72. The van der Waals surface area contributed by atoms with Gasteiger partial charge in [-0.05, 0) is 33.2 Å². The zero-order valence-corrected chi connectivity index (χ0v) is 10.2. The van der Waals surface area contributed by atoms with Crippen LogP contribution in [0.25, 0.3) is 0 Å². The molecule has 1 N–H and O–H groups in total. The number of ether oxygens (including phenoxy) is 1. The number of hydrogen-bond donors (Lipinski definition) is 1. The van der Waals surface area contributed by atoms with Gasteiger partial charge in [0.2, 0.25) is 5.91 Å². The molecule has 4 heteroatoms. The summed E-state index contributed by atoms with van der Waals surface area (Å²) in [5.74, 6) is 0.389. The Kier molecular flexibility index (Phi) is 3.82. The lowest BCUT2D eigenvalue weighted by atomic mass is 9.98. The molecule has 3 unspecified atom stereocenters. The second-order valence-electron chi connectivity index (χ2n) is 4.88. The van der Waals surface area contributed by atoms with Gasteiger partial charge < -0.3 is 15.0 Å². The molecule has 0 bridgehead atoms. The van der Waals surface area contributed by atoms with E-state index in [2.05, 4.69) is 5.32 Å². The minimum absolute atomic E-state index is 0.0932. The van der Waals surface area contributed by atoms with Gasteiger partial charge in [-0.25, -0.2) is 0 Å². The van der Waals surface area contributed by atoms with E-state index in [-0.39, 0.29) is 12.0 Å². The van der Waals surface area contributed by atoms with Gasteiger partial charge in [0.15, 0.2) is 0 Å². The minimum Gasteiger partial charge on any atom is -0.378 e. The molecule has 0 aromatic carbocycles. The third-order valence-electron chi connectivity index (χ3n) is 3.83. The van der Waals surface area contributed by atoms with Crippen LogP contribution in [0, 0.1) is 5.92 Å². The molecule has 0 aliphatic carbocycles. The molecule has 0 saturated carbocycles. The Hall–Kier alpha value is -0.610. The van der Waals surface area contributed by atoms with Gasteiger partial charge in [-0.1, -0.05) is 0 Å². The highest BCUT2D eigenvalue weighted by Crippen LogP contribution is 2.24. The summed E-state index contributed by atoms with van der Waals surface area (Å²) in [4.78, 5) is 14.3. The highest BCUT2D eigenvalue weighted by atomic mass is 16.5. The highest BCUT2D eigenvalue weighted by molar-refractivity contribution is 5.79. The Morgan fingerprint density at radius 1 is 1.44 bits per heavy atom. The molecule has 2 saturated heterocycles. The number of carbonyl (C=O) groups excluding carboxylic acids is 1. The zero-order chi connectivity index (χ0) is 11.5. The fraction of sp³-hybridized carbons (Fsp3) is 0.917. The molecule has 2 aliphatic heterocycles. The number of likely N-dealkylation sites (tertiary alicyclic amines) is 1. The maximum absolute atomic E-state index is 12.3. The van der Waals surface area contributed by atoms with Crippen LogP contribution in [-0.4, -0.2) is 49.7 Å². The van der Waals surface area contributed by atoms with Crippen molar-refractivity contribution in [2.75, 3.05) is 26.7 Å². The number of amides is 1. The van der Waals surface area contributed by atoms with E-state index in [1.807, 2.05) is 18.9 Å². The maximum atomic E-state index is 12.3. The van der Waals surface area contributed by atoms with Crippen molar-refractivity contribution in [3.05, 3.63) is 0 Å². The van der Waals surface area contributed by atoms with Crippen LogP contribution in [0.2, 0.25) is 0 Å². The molecular weight excluding hydrogens is 204 g/mol. The summed E-state index contributed by atoms with van der Waals surface area (Å²) in [6.45, 7) is 4.52. The van der Waals surface area contributed by atoms with Crippen molar-refractivity contribution in [3.63, 3.8) is 0 Å². The van der Waals surface area contributed by atoms with Crippen molar-refractivity contribution in [1.29, 1.82) is 0 Å². The van der Waals surface area contributed by atoms with Crippen LogP contribution in [-0.2, 0) is 9.53 Å². The molecule has 3 atom stereocenters. The molecule has 2 aliphatic rings. The predicted octanol–water partition coefficient (Wildman–Crippen LogP) is 0.622. The standard InChI is InChI=1S/C12H22N2O2/c1-9-11(5-7-16-9)12(15)14-6-3-4-10(8-14)13-2/h9-11,13H,3-8H2,1-2H3. The molecule has 0 radical (unpaired) electrons. The van der Waals surface area contributed by atoms with Crippen LogP contribution in [0.4, 0.5) is 0 Å². The van der Waals surface area contributed by atoms with Gasteiger partial charge in [0.05, 0.1) is 12.0 Å². The Morgan fingerprint density at radius 2 is 2.25 bits per heavy atom. The summed E-state index contributed by atoms with van der Waals surface area (Å²) in [5, 5.41) is 3.27. The van der Waals surface area contributed by atoms with Crippen molar-refractivity contribution < 1.29 is 9.53 Å². The number of rotatable bonds is 2. The van der Waals surface area contributed by atoms with Crippen LogP contribution < -0.4 is 5.32 Å². The molecule has 2 fully saturated rings. The largest absolute Gasteiger partial charge is 0.378 e. The second kappa shape index (κ2) is 5.15. The number of nitrogens with one attached hydrogen (secondary N) is 1. The quantitative estimate of drug-likeness (QED) is 0.750. The predicted molar refractivity (Wildman–Crippen MR) is 62.2 cm³/mol. The fourth-order valence-corrected chi connectivity index (χ4v) is 2.70. The van der Waals surface area contributed by atoms with Gasteiger partial charge in [0.1, 0.15) is 0 Å². The summed E-state index contributed by atoms with van der Waals surface area (Å²) >= 11 is 0. The normalized spacial score (nSPS) is 35.4. The zero-order valence-electron chi connectivity index (χ0n) is 10.2. The fourth-order valence-electron chi connectivity index (χ4n) is 2.70. The van der Waals surface area contributed by atoms with E-state index < -0.39 is 0 Å². The van der Waals surface area contributed by atoms with E-state index in [4.69, 9.17) is 4.74 Å². The number of carbonyl (C=O) groups is 1. The molecule has 0 aromatic rings. The van der Waals surface area contributed by atoms with Crippen molar-refractivity contribution >= 4 is 5.91 Å². The van der Waals surface area contributed by atoms with Crippen LogP contribution in [0.3, 0.4) is 0 Å². The van der Waals surface area contributed by atoms with Gasteiger partial charge in [0, 0.05) is 25.7 Å². The van der Waals surface area contributed by atoms with E-state index in [0.717, 1.165) is 32.5 Å². The van der Waals surface area contributed by atoms with E-state index in [9.17, 15) is 4.79 Å². The molecular formula is C12H22N2O2. The molecule has 16 heavy (non-hydrogen) atoms. The Bertz CT molecular complexity index is 257. The number of nitrogens with zero attached hydrogens (tertiary/aromatic N) is 1. The molecule has 2 heterocycles. The third-order valence-corrected chi connectivity index (χ3v) is 3.83. The maximum Gasteiger partial charge on any atom is 0.228 e. The van der Waals surface area contributed by atoms with E-state index in [1.54, 1.807) is 0 Å². The molecule has 92 valence electrons. The first kappa shape index (κ1) is 11.9. The van der Waals surface area contributed by atoms with Gasteiger partial charge in [-0.2, -0.15) is 0 Å². The van der Waals surface area contributed by atoms with Gasteiger partial charge in [0.25, 0.3) is 0 Å². The highest BCUT2D eigenvalue weighted by Gasteiger charge is 2.35. The first-order valence-electron chi connectivity index (χ1n) is 6.30. The average Bonchev–Trinajstić information content (AvgIpc) is 2.74. The lowest BCUT2D eigenvalue weighted by Crippen LogP contribution is -2.49. The summed E-state index contributed by atoms with van der Waals surface area (Å²) in [6, 6.07) is 0.468. The molecule has 4 nitrogen and oxygen atoms in total. The van der Waals surface area contributed by atoms with Crippen molar-refractivity contribution in [1.82, 2.24) is 10.2 Å². The average molecular weight is 226 g/mol. The SMILES string of the molecule is CNC1CCCN(C(=O)C2CCOC2C)C1. The number of hydrogen-bond acceptors (Lipinski definition) is 3. The van der Waals surface area contributed by atoms with Crippen molar-refractivity contribution in [2.45, 2.75) is 38.3 Å².